The van der Waals surface area contributed by atoms with Gasteiger partial charge in [-0.05, 0) is 37.7 Å². The number of nitrogens with zero attached hydrogens (tertiary/aromatic N) is 4. The fourth-order valence-corrected chi connectivity index (χ4v) is 4.48. The Morgan fingerprint density at radius 3 is 2.55 bits per heavy atom. The molecule has 0 saturated carbocycles. The van der Waals surface area contributed by atoms with Gasteiger partial charge in [0.2, 0.25) is 5.88 Å². The second-order valence-electron chi connectivity index (χ2n) is 9.40. The lowest BCUT2D eigenvalue weighted by molar-refractivity contribution is 0.0960. The van der Waals surface area contributed by atoms with Gasteiger partial charge in [-0.1, -0.05) is 12.1 Å². The molecule has 0 spiro atoms. The lowest BCUT2D eigenvalue weighted by Gasteiger charge is -2.32. The molecular formula is C27H29F2N7O2. The quantitative estimate of drug-likeness (QED) is 0.336. The number of rotatable bonds is 7. The minimum Gasteiger partial charge on any atom is -0.435 e. The number of carbonyl (C=O) groups is 1. The zero-order valence-corrected chi connectivity index (χ0v) is 21.4. The smallest absolute Gasteiger partial charge is 0.260 e. The van der Waals surface area contributed by atoms with Gasteiger partial charge in [0.25, 0.3) is 5.91 Å². The van der Waals surface area contributed by atoms with Crippen LogP contribution in [-0.2, 0) is 6.54 Å². The SMILES string of the molecule is CNC(=O)c1c(Nc2ccc(CN3CCN(C)CC3)cc2)ncnc1Oc1cc(F)c2[nH]c(C)cc2c1F. The van der Waals surface area contributed by atoms with Crippen molar-refractivity contribution in [3.05, 3.63) is 71.2 Å². The van der Waals surface area contributed by atoms with Crippen molar-refractivity contribution in [1.29, 1.82) is 0 Å². The maximum absolute atomic E-state index is 15.2. The number of halogens is 2. The molecule has 1 fully saturated rings. The van der Waals surface area contributed by atoms with Crippen LogP contribution in [0.5, 0.6) is 11.6 Å². The second-order valence-corrected chi connectivity index (χ2v) is 9.40. The summed E-state index contributed by atoms with van der Waals surface area (Å²) in [7, 11) is 3.58. The summed E-state index contributed by atoms with van der Waals surface area (Å²) in [5.74, 6) is -2.43. The monoisotopic (exact) mass is 521 g/mol. The number of piperazine rings is 1. The van der Waals surface area contributed by atoms with Crippen LogP contribution in [0, 0.1) is 18.6 Å². The Bertz CT molecular complexity index is 1460. The van der Waals surface area contributed by atoms with E-state index < -0.39 is 23.3 Å². The molecule has 2 aromatic heterocycles. The molecule has 3 heterocycles. The van der Waals surface area contributed by atoms with Gasteiger partial charge >= 0.3 is 0 Å². The maximum Gasteiger partial charge on any atom is 0.260 e. The van der Waals surface area contributed by atoms with E-state index in [1.54, 1.807) is 6.92 Å². The van der Waals surface area contributed by atoms with E-state index in [9.17, 15) is 9.18 Å². The number of ether oxygens (including phenoxy) is 1. The molecule has 0 radical (unpaired) electrons. The number of H-pyrrole nitrogens is 1. The van der Waals surface area contributed by atoms with Crippen LogP contribution in [0.4, 0.5) is 20.3 Å². The molecule has 1 aliphatic heterocycles. The zero-order valence-electron chi connectivity index (χ0n) is 21.4. The molecule has 11 heteroatoms. The van der Waals surface area contributed by atoms with Crippen molar-refractivity contribution < 1.29 is 18.3 Å². The number of aromatic amines is 1. The third-order valence-electron chi connectivity index (χ3n) is 6.59. The van der Waals surface area contributed by atoms with E-state index in [0.29, 0.717) is 11.4 Å². The van der Waals surface area contributed by atoms with Gasteiger partial charge in [-0.2, -0.15) is 0 Å². The minimum absolute atomic E-state index is 0.0401. The van der Waals surface area contributed by atoms with Crippen molar-refractivity contribution in [3.8, 4) is 11.6 Å². The molecule has 0 bridgehead atoms. The Labute approximate surface area is 218 Å². The summed E-state index contributed by atoms with van der Waals surface area (Å²) in [6.45, 7) is 6.71. The van der Waals surface area contributed by atoms with E-state index in [1.165, 1.54) is 25.0 Å². The van der Waals surface area contributed by atoms with Gasteiger partial charge < -0.3 is 25.3 Å². The van der Waals surface area contributed by atoms with E-state index in [4.69, 9.17) is 4.74 Å². The Kier molecular flexibility index (Phi) is 7.21. The third kappa shape index (κ3) is 5.29. The van der Waals surface area contributed by atoms with Gasteiger partial charge in [-0.3, -0.25) is 9.69 Å². The minimum atomic E-state index is -0.766. The number of amides is 1. The zero-order chi connectivity index (χ0) is 26.8. The molecule has 2 aromatic carbocycles. The first-order chi connectivity index (χ1) is 18.3. The first kappa shape index (κ1) is 25.6. The largest absolute Gasteiger partial charge is 0.435 e. The molecule has 198 valence electrons. The summed E-state index contributed by atoms with van der Waals surface area (Å²) < 4.78 is 35.4. The van der Waals surface area contributed by atoms with Gasteiger partial charge in [-0.15, -0.1) is 0 Å². The van der Waals surface area contributed by atoms with Gasteiger partial charge in [0.15, 0.2) is 23.2 Å². The van der Waals surface area contributed by atoms with Crippen LogP contribution >= 0.6 is 0 Å². The van der Waals surface area contributed by atoms with Crippen LogP contribution in [0.1, 0.15) is 21.6 Å². The highest BCUT2D eigenvalue weighted by atomic mass is 19.1. The Morgan fingerprint density at radius 2 is 1.84 bits per heavy atom. The van der Waals surface area contributed by atoms with Crippen molar-refractivity contribution in [2.45, 2.75) is 13.5 Å². The lowest BCUT2D eigenvalue weighted by atomic mass is 10.1. The van der Waals surface area contributed by atoms with Crippen molar-refractivity contribution >= 4 is 28.3 Å². The summed E-state index contributed by atoms with van der Waals surface area (Å²) in [6, 6.07) is 10.3. The third-order valence-corrected chi connectivity index (χ3v) is 6.59. The number of aromatic nitrogens is 3. The molecule has 9 nitrogen and oxygen atoms in total. The van der Waals surface area contributed by atoms with E-state index in [1.807, 2.05) is 24.3 Å². The van der Waals surface area contributed by atoms with Gasteiger partial charge in [0.05, 0.1) is 5.52 Å². The van der Waals surface area contributed by atoms with Crippen molar-refractivity contribution in [3.63, 3.8) is 0 Å². The van der Waals surface area contributed by atoms with Crippen LogP contribution in [0.2, 0.25) is 0 Å². The highest BCUT2D eigenvalue weighted by molar-refractivity contribution is 6.01. The van der Waals surface area contributed by atoms with Crippen molar-refractivity contribution in [2.24, 2.45) is 0 Å². The number of carbonyl (C=O) groups excluding carboxylic acids is 1. The predicted octanol–water partition coefficient (Wildman–Crippen LogP) is 4.19. The van der Waals surface area contributed by atoms with E-state index in [0.717, 1.165) is 38.8 Å². The van der Waals surface area contributed by atoms with Crippen molar-refractivity contribution in [2.75, 3.05) is 45.6 Å². The van der Waals surface area contributed by atoms with Crippen LogP contribution in [0.15, 0.2) is 42.7 Å². The molecule has 38 heavy (non-hydrogen) atoms. The van der Waals surface area contributed by atoms with E-state index >= 15 is 4.39 Å². The number of nitrogens with one attached hydrogen (secondary N) is 3. The second kappa shape index (κ2) is 10.7. The molecule has 1 aliphatic rings. The molecule has 5 rings (SSSR count). The highest BCUT2D eigenvalue weighted by Crippen LogP contribution is 2.34. The van der Waals surface area contributed by atoms with Crippen molar-refractivity contribution in [1.82, 2.24) is 30.1 Å². The molecule has 0 unspecified atom stereocenters. The highest BCUT2D eigenvalue weighted by Gasteiger charge is 2.23. The summed E-state index contributed by atoms with van der Waals surface area (Å²) >= 11 is 0. The Balaban J connectivity index is 1.40. The number of aryl methyl sites for hydroxylation is 1. The van der Waals surface area contributed by atoms with Gasteiger partial charge in [0, 0.05) is 62.6 Å². The number of benzene rings is 2. The molecular weight excluding hydrogens is 492 g/mol. The van der Waals surface area contributed by atoms with Gasteiger partial charge in [-0.25, -0.2) is 18.7 Å². The number of anilines is 2. The first-order valence-electron chi connectivity index (χ1n) is 12.3. The number of fused-ring (bicyclic) bond motifs is 1. The van der Waals surface area contributed by atoms with E-state index in [2.05, 4.69) is 42.4 Å². The lowest BCUT2D eigenvalue weighted by Crippen LogP contribution is -2.43. The molecule has 0 atom stereocenters. The molecule has 1 amide bonds. The molecule has 0 aliphatic carbocycles. The number of likely N-dealkylation sites (N-methyl/N-ethyl adjacent to an activating group) is 1. The fourth-order valence-electron chi connectivity index (χ4n) is 4.48. The van der Waals surface area contributed by atoms with E-state index in [-0.39, 0.29) is 28.2 Å². The standard InChI is InChI=1S/C27H29F2N7O2/c1-16-12-19-23(29)21(13-20(28)24(19)33-16)38-27-22(26(37)30-2)25(31-15-32-27)34-18-6-4-17(5-7-18)14-36-10-8-35(3)9-11-36/h4-7,12-13,15,33H,8-11,14H2,1-3H3,(H,30,37)(H,31,32,34). The summed E-state index contributed by atoms with van der Waals surface area (Å²) in [6.07, 6.45) is 1.19. The normalized spacial score (nSPS) is 14.6. The van der Waals surface area contributed by atoms with Crippen LogP contribution in [-0.4, -0.2) is 70.9 Å². The predicted molar refractivity (Wildman–Crippen MR) is 141 cm³/mol. The Hall–Kier alpha value is -4.09. The van der Waals surface area contributed by atoms with Gasteiger partial charge in [0.1, 0.15) is 11.9 Å². The molecule has 1 saturated heterocycles. The number of hydrogen-bond acceptors (Lipinski definition) is 7. The average molecular weight is 522 g/mol. The summed E-state index contributed by atoms with van der Waals surface area (Å²) in [5.41, 5.74) is 2.47. The molecule has 4 aromatic rings. The topological polar surface area (TPSA) is 98.4 Å². The molecule has 3 N–H and O–H groups in total. The number of hydrogen-bond donors (Lipinski definition) is 3. The first-order valence-corrected chi connectivity index (χ1v) is 12.3. The van der Waals surface area contributed by atoms with Crippen LogP contribution < -0.4 is 15.4 Å². The van der Waals surface area contributed by atoms with Crippen LogP contribution in [0.25, 0.3) is 10.9 Å². The average Bonchev–Trinajstić information content (AvgIpc) is 3.32. The van der Waals surface area contributed by atoms with Crippen LogP contribution in [0.3, 0.4) is 0 Å². The summed E-state index contributed by atoms with van der Waals surface area (Å²) in [4.78, 5) is 28.6. The summed E-state index contributed by atoms with van der Waals surface area (Å²) in [5, 5.41) is 5.70. The fraction of sp³-hybridized carbons (Fsp3) is 0.296. The maximum atomic E-state index is 15.2. The Morgan fingerprint density at radius 1 is 1.11 bits per heavy atom.